The third kappa shape index (κ3) is 5.36. The van der Waals surface area contributed by atoms with Crippen molar-refractivity contribution in [3.05, 3.63) is 64.5 Å². The van der Waals surface area contributed by atoms with Crippen LogP contribution in [0.5, 0.6) is 11.5 Å². The summed E-state index contributed by atoms with van der Waals surface area (Å²) in [6.07, 6.45) is 8.31. The van der Waals surface area contributed by atoms with Crippen LogP contribution in [0.25, 0.3) is 11.1 Å². The second-order valence-corrected chi connectivity index (χ2v) is 6.77. The van der Waals surface area contributed by atoms with E-state index in [0.717, 1.165) is 12.8 Å². The van der Waals surface area contributed by atoms with Gasteiger partial charge >= 0.3 is 0 Å². The molecule has 3 nitrogen and oxygen atoms in total. The van der Waals surface area contributed by atoms with Crippen LogP contribution in [-0.2, 0) is 6.42 Å². The molecule has 0 bridgehead atoms. The van der Waals surface area contributed by atoms with E-state index < -0.39 is 0 Å². The second kappa shape index (κ2) is 8.72. The minimum Gasteiger partial charge on any atom is -0.507 e. The summed E-state index contributed by atoms with van der Waals surface area (Å²) in [6.45, 7) is 6.24. The zero-order valence-electron chi connectivity index (χ0n) is 14.9. The Hall–Kier alpha value is -2.26. The number of allylic oxidation sites excluding steroid dienone is 4. The fourth-order valence-electron chi connectivity index (χ4n) is 2.57. The summed E-state index contributed by atoms with van der Waals surface area (Å²) in [5.74, 6) is 0.117. The normalized spacial score (nSPS) is 11.4. The summed E-state index contributed by atoms with van der Waals surface area (Å²) >= 11 is 6.09. The van der Waals surface area contributed by atoms with Crippen LogP contribution in [0.3, 0.4) is 0 Å². The van der Waals surface area contributed by atoms with E-state index in [1.165, 1.54) is 11.1 Å². The summed E-state index contributed by atoms with van der Waals surface area (Å²) in [5.41, 5.74) is 4.38. The van der Waals surface area contributed by atoms with E-state index in [9.17, 15) is 10.2 Å². The zero-order chi connectivity index (χ0) is 18.4. The van der Waals surface area contributed by atoms with Crippen molar-refractivity contribution in [1.82, 2.24) is 4.98 Å². The lowest BCUT2D eigenvalue weighted by Gasteiger charge is -2.10. The Bertz CT molecular complexity index is 782. The molecule has 0 atom stereocenters. The van der Waals surface area contributed by atoms with Gasteiger partial charge in [0, 0.05) is 17.3 Å². The smallest absolute Gasteiger partial charge is 0.136 e. The Kier molecular flexibility index (Phi) is 6.65. The van der Waals surface area contributed by atoms with Gasteiger partial charge in [0.2, 0.25) is 0 Å². The van der Waals surface area contributed by atoms with Gasteiger partial charge in [-0.25, -0.2) is 4.98 Å². The number of nitrogens with zero attached hydrogens (tertiary/aromatic N) is 1. The van der Waals surface area contributed by atoms with E-state index in [1.54, 1.807) is 30.5 Å². The Balaban J connectivity index is 2.18. The first kappa shape index (κ1) is 19.1. The number of aromatic nitrogens is 1. The molecule has 0 unspecified atom stereocenters. The van der Waals surface area contributed by atoms with E-state index in [1.807, 2.05) is 6.08 Å². The topological polar surface area (TPSA) is 53.4 Å². The molecule has 4 heteroatoms. The van der Waals surface area contributed by atoms with Gasteiger partial charge in [-0.15, -0.1) is 0 Å². The molecule has 0 saturated heterocycles. The monoisotopic (exact) mass is 357 g/mol. The average molecular weight is 358 g/mol. The molecular formula is C21H24ClNO2. The summed E-state index contributed by atoms with van der Waals surface area (Å²) in [7, 11) is 0. The van der Waals surface area contributed by atoms with Gasteiger partial charge in [0.25, 0.3) is 0 Å². The van der Waals surface area contributed by atoms with Crippen LogP contribution in [0, 0.1) is 0 Å². The number of hydrogen-bond acceptors (Lipinski definition) is 3. The number of pyridine rings is 1. The first-order valence-electron chi connectivity index (χ1n) is 8.33. The quantitative estimate of drug-likeness (QED) is 0.488. The van der Waals surface area contributed by atoms with Crippen molar-refractivity contribution >= 4 is 11.6 Å². The highest BCUT2D eigenvalue weighted by Crippen LogP contribution is 2.36. The lowest BCUT2D eigenvalue weighted by molar-refractivity contribution is 0.441. The predicted octanol–water partition coefficient (Wildman–Crippen LogP) is 6.05. The van der Waals surface area contributed by atoms with E-state index in [-0.39, 0.29) is 11.5 Å². The number of phenols is 2. The highest BCUT2D eigenvalue weighted by molar-refractivity contribution is 6.32. The van der Waals surface area contributed by atoms with Gasteiger partial charge in [0.1, 0.15) is 16.7 Å². The number of phenolic OH excluding ortho intramolecular Hbond substituents is 2. The number of rotatable bonds is 6. The summed E-state index contributed by atoms with van der Waals surface area (Å²) in [5, 5.41) is 21.0. The summed E-state index contributed by atoms with van der Waals surface area (Å²) in [4.78, 5) is 4.03. The second-order valence-electron chi connectivity index (χ2n) is 6.41. The number of hydrogen-bond donors (Lipinski definition) is 2. The predicted molar refractivity (Wildman–Crippen MR) is 104 cm³/mol. The van der Waals surface area contributed by atoms with Gasteiger partial charge < -0.3 is 10.2 Å². The van der Waals surface area contributed by atoms with E-state index in [0.29, 0.717) is 28.3 Å². The molecule has 0 aliphatic rings. The van der Waals surface area contributed by atoms with Gasteiger partial charge in [-0.2, -0.15) is 0 Å². The van der Waals surface area contributed by atoms with Crippen molar-refractivity contribution in [2.24, 2.45) is 0 Å². The van der Waals surface area contributed by atoms with Crippen molar-refractivity contribution in [2.75, 3.05) is 0 Å². The highest BCUT2D eigenvalue weighted by atomic mass is 35.5. The molecule has 0 saturated carbocycles. The van der Waals surface area contributed by atoms with Crippen molar-refractivity contribution in [3.63, 3.8) is 0 Å². The van der Waals surface area contributed by atoms with Gasteiger partial charge in [-0.05, 0) is 69.9 Å². The Morgan fingerprint density at radius 2 is 1.80 bits per heavy atom. The van der Waals surface area contributed by atoms with Crippen LogP contribution >= 0.6 is 11.6 Å². The van der Waals surface area contributed by atoms with Crippen LogP contribution in [0.1, 0.15) is 39.2 Å². The molecule has 1 aromatic carbocycles. The maximum Gasteiger partial charge on any atom is 0.136 e. The molecule has 0 spiro atoms. The van der Waals surface area contributed by atoms with Crippen molar-refractivity contribution < 1.29 is 10.2 Å². The lowest BCUT2D eigenvalue weighted by atomic mass is 10.00. The molecule has 2 N–H and O–H groups in total. The molecule has 0 aliphatic carbocycles. The van der Waals surface area contributed by atoms with Gasteiger partial charge in [-0.1, -0.05) is 34.9 Å². The van der Waals surface area contributed by atoms with E-state index in [4.69, 9.17) is 11.6 Å². The van der Waals surface area contributed by atoms with Crippen LogP contribution in [-0.4, -0.2) is 15.2 Å². The molecule has 2 rings (SSSR count). The Morgan fingerprint density at radius 3 is 2.40 bits per heavy atom. The SMILES string of the molecule is CC(C)=CCC/C(C)=C/Cc1c(O)cc(-c2cccnc2Cl)cc1O. The van der Waals surface area contributed by atoms with Crippen LogP contribution in [0.2, 0.25) is 5.15 Å². The minimum absolute atomic E-state index is 0.0586. The molecule has 25 heavy (non-hydrogen) atoms. The maximum atomic E-state index is 10.3. The molecule has 0 amide bonds. The molecule has 0 aliphatic heterocycles. The molecule has 1 heterocycles. The number of benzene rings is 1. The standard InChI is InChI=1S/C21H24ClNO2/c1-14(2)6-4-7-15(3)9-10-18-19(24)12-16(13-20(18)25)17-8-5-11-23-21(17)22/h5-6,8-9,11-13,24-25H,4,7,10H2,1-3H3/b15-9+. The first-order valence-corrected chi connectivity index (χ1v) is 8.71. The fourth-order valence-corrected chi connectivity index (χ4v) is 2.80. The maximum absolute atomic E-state index is 10.3. The van der Waals surface area contributed by atoms with Gasteiger partial charge in [-0.3, -0.25) is 0 Å². The largest absolute Gasteiger partial charge is 0.507 e. The average Bonchev–Trinajstić information content (AvgIpc) is 2.54. The Labute approximate surface area is 154 Å². The number of aromatic hydroxyl groups is 2. The minimum atomic E-state index is 0.0586. The first-order chi connectivity index (χ1) is 11.9. The molecular weight excluding hydrogens is 334 g/mol. The van der Waals surface area contributed by atoms with Crippen molar-refractivity contribution in [1.29, 1.82) is 0 Å². The zero-order valence-corrected chi connectivity index (χ0v) is 15.6. The molecule has 2 aromatic rings. The van der Waals surface area contributed by atoms with Crippen molar-refractivity contribution in [3.8, 4) is 22.6 Å². The molecule has 0 fully saturated rings. The summed E-state index contributed by atoms with van der Waals surface area (Å²) < 4.78 is 0. The molecule has 132 valence electrons. The van der Waals surface area contributed by atoms with Crippen LogP contribution in [0.4, 0.5) is 0 Å². The van der Waals surface area contributed by atoms with E-state index in [2.05, 4.69) is 31.8 Å². The third-order valence-electron chi connectivity index (χ3n) is 4.02. The lowest BCUT2D eigenvalue weighted by Crippen LogP contribution is -1.89. The third-order valence-corrected chi connectivity index (χ3v) is 4.32. The summed E-state index contributed by atoms with van der Waals surface area (Å²) in [6, 6.07) is 6.80. The molecule has 0 radical (unpaired) electrons. The fraction of sp³-hybridized carbons (Fsp3) is 0.286. The number of halogens is 1. The molecule has 1 aromatic heterocycles. The van der Waals surface area contributed by atoms with Crippen molar-refractivity contribution in [2.45, 2.75) is 40.0 Å². The van der Waals surface area contributed by atoms with Crippen LogP contribution < -0.4 is 0 Å². The van der Waals surface area contributed by atoms with E-state index >= 15 is 0 Å². The van der Waals surface area contributed by atoms with Gasteiger partial charge in [0.05, 0.1) is 0 Å². The Morgan fingerprint density at radius 1 is 1.12 bits per heavy atom. The van der Waals surface area contributed by atoms with Crippen LogP contribution in [0.15, 0.2) is 53.8 Å². The van der Waals surface area contributed by atoms with Gasteiger partial charge in [0.15, 0.2) is 0 Å². The highest BCUT2D eigenvalue weighted by Gasteiger charge is 2.12.